The summed E-state index contributed by atoms with van der Waals surface area (Å²) in [5.41, 5.74) is 1.81. The molecule has 1 N–H and O–H groups in total. The smallest absolute Gasteiger partial charge is 0.224 e. The lowest BCUT2D eigenvalue weighted by atomic mass is 10.1. The number of benzene rings is 2. The number of carbonyl (C=O) groups excluding carboxylic acids is 1. The number of ether oxygens (including phenoxy) is 2. The molecule has 2 rings (SSSR count). The van der Waals surface area contributed by atoms with Crippen LogP contribution in [-0.2, 0) is 11.2 Å². The van der Waals surface area contributed by atoms with Gasteiger partial charge in [-0.3, -0.25) is 4.79 Å². The second-order valence-corrected chi connectivity index (χ2v) is 5.79. The predicted octanol–water partition coefficient (Wildman–Crippen LogP) is 4.43. The van der Waals surface area contributed by atoms with Crippen molar-refractivity contribution in [1.82, 2.24) is 0 Å². The second kappa shape index (κ2) is 8.58. The molecule has 0 heterocycles. The van der Waals surface area contributed by atoms with Crippen molar-refractivity contribution in [2.75, 3.05) is 19.0 Å². The van der Waals surface area contributed by atoms with Crippen molar-refractivity contribution in [3.63, 3.8) is 0 Å². The minimum absolute atomic E-state index is 0.0352. The first kappa shape index (κ1) is 17.3. The normalized spacial score (nSPS) is 10.2. The molecule has 0 aliphatic rings. The van der Waals surface area contributed by atoms with E-state index in [1.807, 2.05) is 37.3 Å². The molecule has 5 heteroatoms. The number of anilines is 1. The van der Waals surface area contributed by atoms with Gasteiger partial charge < -0.3 is 14.8 Å². The van der Waals surface area contributed by atoms with Crippen molar-refractivity contribution in [3.8, 4) is 11.5 Å². The molecule has 0 aliphatic carbocycles. The summed E-state index contributed by atoms with van der Waals surface area (Å²) in [4.78, 5) is 12.1. The summed E-state index contributed by atoms with van der Waals surface area (Å²) in [6, 6.07) is 13.3. The molecule has 4 nitrogen and oxygen atoms in total. The number of nitrogens with one attached hydrogen (secondary N) is 1. The minimum Gasteiger partial charge on any atom is -0.493 e. The van der Waals surface area contributed by atoms with Gasteiger partial charge in [-0.2, -0.15) is 0 Å². The lowest BCUT2D eigenvalue weighted by Gasteiger charge is -2.12. The Morgan fingerprint density at radius 1 is 1.17 bits per heavy atom. The van der Waals surface area contributed by atoms with Gasteiger partial charge in [0.05, 0.1) is 13.7 Å². The highest BCUT2D eigenvalue weighted by molar-refractivity contribution is 9.10. The zero-order valence-corrected chi connectivity index (χ0v) is 14.9. The molecule has 122 valence electrons. The Balaban J connectivity index is 1.96. The number of hydrogen-bond acceptors (Lipinski definition) is 3. The lowest BCUT2D eigenvalue weighted by Crippen LogP contribution is -2.12. The standard InChI is InChI=1S/C18H20BrNO3/c1-3-23-16-10-9-14(12-17(16)22-2)20-18(21)11-8-13-6-4-5-7-15(13)19/h4-7,9-10,12H,3,8,11H2,1-2H3,(H,20,21). The zero-order chi connectivity index (χ0) is 16.7. The van der Waals surface area contributed by atoms with E-state index in [0.29, 0.717) is 36.6 Å². The van der Waals surface area contributed by atoms with Crippen LogP contribution in [0.1, 0.15) is 18.9 Å². The van der Waals surface area contributed by atoms with E-state index in [4.69, 9.17) is 9.47 Å². The number of halogens is 1. The van der Waals surface area contributed by atoms with Gasteiger partial charge in [0.1, 0.15) is 0 Å². The highest BCUT2D eigenvalue weighted by Crippen LogP contribution is 2.30. The van der Waals surface area contributed by atoms with Crippen molar-refractivity contribution < 1.29 is 14.3 Å². The predicted molar refractivity (Wildman–Crippen MR) is 95.3 cm³/mol. The van der Waals surface area contributed by atoms with Crippen LogP contribution in [0.3, 0.4) is 0 Å². The molecule has 0 unspecified atom stereocenters. The van der Waals surface area contributed by atoms with Crippen LogP contribution in [0.4, 0.5) is 5.69 Å². The average molecular weight is 378 g/mol. The van der Waals surface area contributed by atoms with Crippen LogP contribution < -0.4 is 14.8 Å². The van der Waals surface area contributed by atoms with Gasteiger partial charge in [-0.05, 0) is 37.1 Å². The molecule has 0 saturated carbocycles. The van der Waals surface area contributed by atoms with Gasteiger partial charge in [-0.25, -0.2) is 0 Å². The Morgan fingerprint density at radius 3 is 2.65 bits per heavy atom. The SMILES string of the molecule is CCOc1ccc(NC(=O)CCc2ccccc2Br)cc1OC. The van der Waals surface area contributed by atoms with Crippen LogP contribution in [0.5, 0.6) is 11.5 Å². The Bertz CT molecular complexity index is 673. The molecule has 0 aromatic heterocycles. The van der Waals surface area contributed by atoms with Gasteiger partial charge in [-0.15, -0.1) is 0 Å². The van der Waals surface area contributed by atoms with Crippen LogP contribution >= 0.6 is 15.9 Å². The van der Waals surface area contributed by atoms with E-state index in [1.165, 1.54) is 0 Å². The second-order valence-electron chi connectivity index (χ2n) is 4.94. The summed E-state index contributed by atoms with van der Waals surface area (Å²) in [6.45, 7) is 2.48. The maximum absolute atomic E-state index is 12.1. The minimum atomic E-state index is -0.0352. The van der Waals surface area contributed by atoms with Gasteiger partial charge in [0.15, 0.2) is 11.5 Å². The van der Waals surface area contributed by atoms with E-state index in [2.05, 4.69) is 21.2 Å². The maximum atomic E-state index is 12.1. The van der Waals surface area contributed by atoms with E-state index < -0.39 is 0 Å². The number of methoxy groups -OCH3 is 1. The van der Waals surface area contributed by atoms with Crippen molar-refractivity contribution >= 4 is 27.5 Å². The molecule has 0 radical (unpaired) electrons. The van der Waals surface area contributed by atoms with Crippen molar-refractivity contribution in [2.45, 2.75) is 19.8 Å². The summed E-state index contributed by atoms with van der Waals surface area (Å²) in [6.07, 6.45) is 1.10. The molecule has 23 heavy (non-hydrogen) atoms. The third-order valence-electron chi connectivity index (χ3n) is 3.33. The fraction of sp³-hybridized carbons (Fsp3) is 0.278. The Kier molecular flexibility index (Phi) is 6.47. The first-order chi connectivity index (χ1) is 11.1. The third kappa shape index (κ3) is 4.99. The number of carbonyl (C=O) groups is 1. The largest absolute Gasteiger partial charge is 0.493 e. The van der Waals surface area contributed by atoms with E-state index >= 15 is 0 Å². The topological polar surface area (TPSA) is 47.6 Å². The summed E-state index contributed by atoms with van der Waals surface area (Å²) >= 11 is 3.49. The Labute approximate surface area is 144 Å². The van der Waals surface area contributed by atoms with Crippen LogP contribution in [0.2, 0.25) is 0 Å². The van der Waals surface area contributed by atoms with Crippen LogP contribution in [0.15, 0.2) is 46.9 Å². The van der Waals surface area contributed by atoms with Crippen molar-refractivity contribution in [1.29, 1.82) is 0 Å². The fourth-order valence-corrected chi connectivity index (χ4v) is 2.68. The molecule has 0 bridgehead atoms. The highest BCUT2D eigenvalue weighted by Gasteiger charge is 2.09. The summed E-state index contributed by atoms with van der Waals surface area (Å²) in [5.74, 6) is 1.24. The van der Waals surface area contributed by atoms with E-state index in [-0.39, 0.29) is 5.91 Å². The first-order valence-electron chi connectivity index (χ1n) is 7.48. The van der Waals surface area contributed by atoms with E-state index in [0.717, 1.165) is 10.0 Å². The van der Waals surface area contributed by atoms with Crippen LogP contribution in [0.25, 0.3) is 0 Å². The molecule has 1 amide bonds. The zero-order valence-electron chi connectivity index (χ0n) is 13.3. The molecule has 0 spiro atoms. The Morgan fingerprint density at radius 2 is 1.96 bits per heavy atom. The fourth-order valence-electron chi connectivity index (χ4n) is 2.19. The average Bonchev–Trinajstić information content (AvgIpc) is 2.55. The monoisotopic (exact) mass is 377 g/mol. The third-order valence-corrected chi connectivity index (χ3v) is 4.10. The maximum Gasteiger partial charge on any atom is 0.224 e. The van der Waals surface area contributed by atoms with Gasteiger partial charge >= 0.3 is 0 Å². The summed E-state index contributed by atoms with van der Waals surface area (Å²) in [7, 11) is 1.58. The number of aryl methyl sites for hydroxylation is 1. The molecule has 0 atom stereocenters. The van der Waals surface area contributed by atoms with Crippen LogP contribution in [0, 0.1) is 0 Å². The summed E-state index contributed by atoms with van der Waals surface area (Å²) < 4.78 is 11.8. The molecule has 0 fully saturated rings. The number of rotatable bonds is 7. The molecule has 0 saturated heterocycles. The number of hydrogen-bond donors (Lipinski definition) is 1. The van der Waals surface area contributed by atoms with Crippen LogP contribution in [-0.4, -0.2) is 19.6 Å². The Hall–Kier alpha value is -2.01. The van der Waals surface area contributed by atoms with E-state index in [1.54, 1.807) is 19.2 Å². The summed E-state index contributed by atoms with van der Waals surface area (Å²) in [5, 5.41) is 2.89. The van der Waals surface area contributed by atoms with Crippen molar-refractivity contribution in [2.24, 2.45) is 0 Å². The molecule has 2 aromatic rings. The molecular weight excluding hydrogens is 358 g/mol. The lowest BCUT2D eigenvalue weighted by molar-refractivity contribution is -0.116. The van der Waals surface area contributed by atoms with Gasteiger partial charge in [0.25, 0.3) is 0 Å². The molecular formula is C18H20BrNO3. The van der Waals surface area contributed by atoms with Gasteiger partial charge in [-0.1, -0.05) is 34.1 Å². The number of amides is 1. The quantitative estimate of drug-likeness (QED) is 0.776. The van der Waals surface area contributed by atoms with E-state index in [9.17, 15) is 4.79 Å². The first-order valence-corrected chi connectivity index (χ1v) is 8.27. The highest BCUT2D eigenvalue weighted by atomic mass is 79.9. The van der Waals surface area contributed by atoms with Gasteiger partial charge in [0, 0.05) is 22.6 Å². The molecule has 0 aliphatic heterocycles. The van der Waals surface area contributed by atoms with Crippen molar-refractivity contribution in [3.05, 3.63) is 52.5 Å². The van der Waals surface area contributed by atoms with Gasteiger partial charge in [0.2, 0.25) is 5.91 Å². The molecule has 2 aromatic carbocycles.